The molecule has 0 amide bonds. The molecule has 1 N–H and O–H groups in total. The second-order valence-corrected chi connectivity index (χ2v) is 4.67. The SMILES string of the molecule is CCCn1cc(NCc2nc(C)cs2)cn1. The highest BCUT2D eigenvalue weighted by Gasteiger charge is 2.00. The van der Waals surface area contributed by atoms with Gasteiger partial charge < -0.3 is 5.32 Å². The van der Waals surface area contributed by atoms with Crippen molar-refractivity contribution >= 4 is 17.0 Å². The van der Waals surface area contributed by atoms with Crippen LogP contribution >= 0.6 is 11.3 Å². The van der Waals surface area contributed by atoms with Crippen LogP contribution in [0.4, 0.5) is 5.69 Å². The van der Waals surface area contributed by atoms with Gasteiger partial charge in [0.2, 0.25) is 0 Å². The van der Waals surface area contributed by atoms with Gasteiger partial charge in [-0.05, 0) is 13.3 Å². The summed E-state index contributed by atoms with van der Waals surface area (Å²) in [5, 5.41) is 10.8. The minimum atomic E-state index is 0.774. The summed E-state index contributed by atoms with van der Waals surface area (Å²) in [7, 11) is 0. The molecule has 0 aromatic carbocycles. The molecule has 0 saturated carbocycles. The van der Waals surface area contributed by atoms with E-state index in [4.69, 9.17) is 0 Å². The topological polar surface area (TPSA) is 42.7 Å². The van der Waals surface area contributed by atoms with Gasteiger partial charge in [0, 0.05) is 23.8 Å². The van der Waals surface area contributed by atoms with Crippen molar-refractivity contribution in [2.24, 2.45) is 0 Å². The molecule has 0 saturated heterocycles. The third-order valence-electron chi connectivity index (χ3n) is 2.20. The van der Waals surface area contributed by atoms with E-state index in [1.54, 1.807) is 11.3 Å². The molecule has 0 aliphatic rings. The first-order valence-corrected chi connectivity index (χ1v) is 6.33. The summed E-state index contributed by atoms with van der Waals surface area (Å²) in [6, 6.07) is 0. The summed E-state index contributed by atoms with van der Waals surface area (Å²) in [6.45, 7) is 5.90. The number of rotatable bonds is 5. The summed E-state index contributed by atoms with van der Waals surface area (Å²) in [6.07, 6.45) is 4.99. The van der Waals surface area contributed by atoms with E-state index in [-0.39, 0.29) is 0 Å². The third-order valence-corrected chi connectivity index (χ3v) is 3.16. The van der Waals surface area contributed by atoms with Crippen molar-refractivity contribution in [3.63, 3.8) is 0 Å². The lowest BCUT2D eigenvalue weighted by Crippen LogP contribution is -1.98. The van der Waals surface area contributed by atoms with Crippen LogP contribution in [0.2, 0.25) is 0 Å². The Morgan fingerprint density at radius 2 is 2.38 bits per heavy atom. The van der Waals surface area contributed by atoms with Crippen LogP contribution in [-0.2, 0) is 13.1 Å². The van der Waals surface area contributed by atoms with Crippen LogP contribution in [0.1, 0.15) is 24.0 Å². The van der Waals surface area contributed by atoms with Gasteiger partial charge in [-0.3, -0.25) is 4.68 Å². The van der Waals surface area contributed by atoms with Crippen LogP contribution in [0.3, 0.4) is 0 Å². The molecule has 16 heavy (non-hydrogen) atoms. The Labute approximate surface area is 99.3 Å². The lowest BCUT2D eigenvalue weighted by Gasteiger charge is -1.99. The van der Waals surface area contributed by atoms with E-state index in [1.807, 2.05) is 24.0 Å². The number of thiazole rings is 1. The molecule has 0 fully saturated rings. The molecule has 0 aliphatic carbocycles. The van der Waals surface area contributed by atoms with E-state index in [0.717, 1.165) is 35.9 Å². The summed E-state index contributed by atoms with van der Waals surface area (Å²) < 4.78 is 1.95. The average Bonchev–Trinajstić information content (AvgIpc) is 2.85. The molecular weight excluding hydrogens is 220 g/mol. The van der Waals surface area contributed by atoms with Crippen LogP contribution in [0.15, 0.2) is 17.8 Å². The van der Waals surface area contributed by atoms with E-state index in [2.05, 4.69) is 27.7 Å². The van der Waals surface area contributed by atoms with Gasteiger partial charge in [0.15, 0.2) is 0 Å². The molecule has 2 heterocycles. The van der Waals surface area contributed by atoms with Crippen molar-refractivity contribution in [2.45, 2.75) is 33.4 Å². The molecule has 0 atom stereocenters. The third kappa shape index (κ3) is 2.82. The van der Waals surface area contributed by atoms with Crippen LogP contribution in [0, 0.1) is 6.92 Å². The number of hydrogen-bond acceptors (Lipinski definition) is 4. The highest BCUT2D eigenvalue weighted by atomic mass is 32.1. The Bertz CT molecular complexity index is 446. The van der Waals surface area contributed by atoms with Gasteiger partial charge >= 0.3 is 0 Å². The van der Waals surface area contributed by atoms with E-state index in [0.29, 0.717) is 0 Å². The van der Waals surface area contributed by atoms with Gasteiger partial charge in [-0.15, -0.1) is 11.3 Å². The zero-order valence-electron chi connectivity index (χ0n) is 9.60. The van der Waals surface area contributed by atoms with E-state index in [1.165, 1.54) is 0 Å². The van der Waals surface area contributed by atoms with Gasteiger partial charge in [0.05, 0.1) is 18.4 Å². The Kier molecular flexibility index (Phi) is 3.56. The molecule has 2 aromatic rings. The lowest BCUT2D eigenvalue weighted by atomic mass is 10.5. The molecule has 4 nitrogen and oxygen atoms in total. The molecular formula is C11H16N4S. The summed E-state index contributed by atoms with van der Waals surface area (Å²) >= 11 is 1.69. The number of aryl methyl sites for hydroxylation is 2. The Morgan fingerprint density at radius 1 is 1.50 bits per heavy atom. The fourth-order valence-electron chi connectivity index (χ4n) is 1.47. The smallest absolute Gasteiger partial charge is 0.112 e. The average molecular weight is 236 g/mol. The largest absolute Gasteiger partial charge is 0.376 e. The van der Waals surface area contributed by atoms with Crippen LogP contribution < -0.4 is 5.32 Å². The first kappa shape index (κ1) is 11.1. The molecule has 0 bridgehead atoms. The summed E-state index contributed by atoms with van der Waals surface area (Å²) in [5.74, 6) is 0. The molecule has 2 aromatic heterocycles. The number of aromatic nitrogens is 3. The second kappa shape index (κ2) is 5.12. The van der Waals surface area contributed by atoms with Crippen molar-refractivity contribution in [3.05, 3.63) is 28.5 Å². The maximum absolute atomic E-state index is 4.40. The number of anilines is 1. The maximum atomic E-state index is 4.40. The number of nitrogens with zero attached hydrogens (tertiary/aromatic N) is 3. The Hall–Kier alpha value is -1.36. The van der Waals surface area contributed by atoms with Crippen molar-refractivity contribution in [1.82, 2.24) is 14.8 Å². The second-order valence-electron chi connectivity index (χ2n) is 3.73. The molecule has 0 unspecified atom stereocenters. The first-order chi connectivity index (χ1) is 7.78. The van der Waals surface area contributed by atoms with Crippen LogP contribution in [0.5, 0.6) is 0 Å². The first-order valence-electron chi connectivity index (χ1n) is 5.45. The molecule has 86 valence electrons. The fourth-order valence-corrected chi connectivity index (χ4v) is 2.18. The molecule has 5 heteroatoms. The maximum Gasteiger partial charge on any atom is 0.112 e. The van der Waals surface area contributed by atoms with E-state index in [9.17, 15) is 0 Å². The van der Waals surface area contributed by atoms with E-state index < -0.39 is 0 Å². The summed E-state index contributed by atoms with van der Waals surface area (Å²) in [5.41, 5.74) is 2.14. The lowest BCUT2D eigenvalue weighted by molar-refractivity contribution is 0.603. The van der Waals surface area contributed by atoms with Crippen molar-refractivity contribution in [2.75, 3.05) is 5.32 Å². The molecule has 0 aliphatic heterocycles. The predicted octanol–water partition coefficient (Wildman–Crippen LogP) is 2.67. The molecule has 0 spiro atoms. The van der Waals surface area contributed by atoms with Gasteiger partial charge in [-0.2, -0.15) is 5.10 Å². The van der Waals surface area contributed by atoms with Gasteiger partial charge in [0.1, 0.15) is 5.01 Å². The molecule has 0 radical (unpaired) electrons. The predicted molar refractivity (Wildman–Crippen MR) is 66.7 cm³/mol. The molecule has 2 rings (SSSR count). The normalized spacial score (nSPS) is 10.6. The van der Waals surface area contributed by atoms with Crippen LogP contribution in [0.25, 0.3) is 0 Å². The number of hydrogen-bond donors (Lipinski definition) is 1. The highest BCUT2D eigenvalue weighted by Crippen LogP contribution is 2.12. The Balaban J connectivity index is 1.89. The zero-order valence-corrected chi connectivity index (χ0v) is 10.4. The monoisotopic (exact) mass is 236 g/mol. The van der Waals surface area contributed by atoms with Crippen molar-refractivity contribution in [3.8, 4) is 0 Å². The number of nitrogens with one attached hydrogen (secondary N) is 1. The van der Waals surface area contributed by atoms with Gasteiger partial charge in [0.25, 0.3) is 0 Å². The standard InChI is InChI=1S/C11H16N4S/c1-3-4-15-7-10(5-13-15)12-6-11-14-9(2)8-16-11/h5,7-8,12H,3-4,6H2,1-2H3. The quantitative estimate of drug-likeness (QED) is 0.868. The van der Waals surface area contributed by atoms with Crippen LogP contribution in [-0.4, -0.2) is 14.8 Å². The van der Waals surface area contributed by atoms with Crippen molar-refractivity contribution < 1.29 is 0 Å². The van der Waals surface area contributed by atoms with E-state index >= 15 is 0 Å². The zero-order chi connectivity index (χ0) is 11.4. The Morgan fingerprint density at radius 3 is 3.06 bits per heavy atom. The van der Waals surface area contributed by atoms with Gasteiger partial charge in [-0.25, -0.2) is 4.98 Å². The summed E-state index contributed by atoms with van der Waals surface area (Å²) in [4.78, 5) is 4.40. The minimum absolute atomic E-state index is 0.774. The minimum Gasteiger partial charge on any atom is -0.376 e. The van der Waals surface area contributed by atoms with Gasteiger partial charge in [-0.1, -0.05) is 6.92 Å². The van der Waals surface area contributed by atoms with Crippen molar-refractivity contribution in [1.29, 1.82) is 0 Å². The fraction of sp³-hybridized carbons (Fsp3) is 0.455. The highest BCUT2D eigenvalue weighted by molar-refractivity contribution is 7.09.